The normalized spacial score (nSPS) is 42.2. The molecular weight excluding hydrogens is 347 g/mol. The Kier molecular flexibility index (Phi) is 4.24. The molecule has 146 valence electrons. The number of primary amides is 1. The fourth-order valence-electron chi connectivity index (χ4n) is 6.36. The van der Waals surface area contributed by atoms with Gasteiger partial charge in [-0.2, -0.15) is 13.2 Å². The first-order valence-corrected chi connectivity index (χ1v) is 9.58. The van der Waals surface area contributed by atoms with Gasteiger partial charge in [-0.1, -0.05) is 0 Å². The summed E-state index contributed by atoms with van der Waals surface area (Å²) in [5.41, 5.74) is 5.24. The molecule has 1 heterocycles. The number of hydrogen-bond acceptors (Lipinski definition) is 3. The van der Waals surface area contributed by atoms with Crippen LogP contribution in [0, 0.1) is 23.2 Å². The quantitative estimate of drug-likeness (QED) is 0.789. The molecule has 0 spiro atoms. The summed E-state index contributed by atoms with van der Waals surface area (Å²) in [7, 11) is 0. The van der Waals surface area contributed by atoms with E-state index in [1.54, 1.807) is 0 Å². The van der Waals surface area contributed by atoms with E-state index in [-0.39, 0.29) is 42.7 Å². The van der Waals surface area contributed by atoms with Gasteiger partial charge in [0.2, 0.25) is 11.8 Å². The minimum atomic E-state index is -4.28. The second-order valence-electron chi connectivity index (χ2n) is 8.88. The van der Waals surface area contributed by atoms with Crippen molar-refractivity contribution in [3.05, 3.63) is 0 Å². The highest BCUT2D eigenvalue weighted by Crippen LogP contribution is 2.59. The van der Waals surface area contributed by atoms with E-state index < -0.39 is 17.6 Å². The van der Waals surface area contributed by atoms with E-state index >= 15 is 0 Å². The molecule has 5 fully saturated rings. The van der Waals surface area contributed by atoms with Crippen molar-refractivity contribution in [3.63, 3.8) is 0 Å². The zero-order chi connectivity index (χ0) is 18.7. The van der Waals surface area contributed by atoms with Crippen LogP contribution in [0.25, 0.3) is 0 Å². The van der Waals surface area contributed by atoms with E-state index in [4.69, 9.17) is 5.73 Å². The summed E-state index contributed by atoms with van der Waals surface area (Å²) < 4.78 is 39.2. The van der Waals surface area contributed by atoms with Crippen LogP contribution in [-0.2, 0) is 9.59 Å². The van der Waals surface area contributed by atoms with Gasteiger partial charge in [-0.3, -0.25) is 14.5 Å². The van der Waals surface area contributed by atoms with Crippen molar-refractivity contribution in [3.8, 4) is 0 Å². The van der Waals surface area contributed by atoms with Gasteiger partial charge < -0.3 is 11.1 Å². The Balaban J connectivity index is 1.39. The van der Waals surface area contributed by atoms with Crippen LogP contribution in [0.1, 0.15) is 44.9 Å². The molecule has 3 N–H and O–H groups in total. The number of nitrogens with one attached hydrogen (secondary N) is 1. The van der Waals surface area contributed by atoms with Crippen LogP contribution < -0.4 is 11.1 Å². The molecule has 2 amide bonds. The minimum absolute atomic E-state index is 0.0292. The number of rotatable bonds is 4. The zero-order valence-electron chi connectivity index (χ0n) is 14.7. The van der Waals surface area contributed by atoms with E-state index in [1.165, 1.54) is 4.90 Å². The largest absolute Gasteiger partial charge is 0.404 e. The number of hydrogen-bond donors (Lipinski definition) is 2. The fourth-order valence-corrected chi connectivity index (χ4v) is 6.36. The van der Waals surface area contributed by atoms with Gasteiger partial charge >= 0.3 is 6.18 Å². The summed E-state index contributed by atoms with van der Waals surface area (Å²) in [6, 6.07) is -1.54. The highest BCUT2D eigenvalue weighted by molar-refractivity contribution is 5.82. The first-order chi connectivity index (χ1) is 12.2. The van der Waals surface area contributed by atoms with Gasteiger partial charge in [0, 0.05) is 11.5 Å². The molecule has 4 bridgehead atoms. The molecule has 0 aromatic rings. The lowest BCUT2D eigenvalue weighted by atomic mass is 9.47. The fraction of sp³-hybridized carbons (Fsp3) is 0.889. The van der Waals surface area contributed by atoms with Gasteiger partial charge in [0.05, 0.1) is 6.54 Å². The van der Waals surface area contributed by atoms with Crippen LogP contribution in [0.5, 0.6) is 0 Å². The molecule has 0 radical (unpaired) electrons. The number of carbonyl (C=O) groups is 2. The molecule has 1 aliphatic heterocycles. The van der Waals surface area contributed by atoms with Crippen molar-refractivity contribution < 1.29 is 22.8 Å². The molecule has 26 heavy (non-hydrogen) atoms. The van der Waals surface area contributed by atoms with Crippen LogP contribution >= 0.6 is 0 Å². The number of alkyl halides is 3. The van der Waals surface area contributed by atoms with Crippen molar-refractivity contribution in [1.29, 1.82) is 0 Å². The average molecular weight is 373 g/mol. The van der Waals surface area contributed by atoms with E-state index in [0.717, 1.165) is 19.3 Å². The highest BCUT2D eigenvalue weighted by atomic mass is 19.4. The molecule has 8 heteroatoms. The Morgan fingerprint density at radius 1 is 1.15 bits per heavy atom. The topological polar surface area (TPSA) is 75.4 Å². The first kappa shape index (κ1) is 18.1. The maximum atomic E-state index is 13.1. The van der Waals surface area contributed by atoms with E-state index in [0.29, 0.717) is 31.7 Å². The number of amides is 2. The maximum Gasteiger partial charge on any atom is 0.404 e. The van der Waals surface area contributed by atoms with E-state index in [9.17, 15) is 22.8 Å². The second kappa shape index (κ2) is 6.11. The Morgan fingerprint density at radius 2 is 1.81 bits per heavy atom. The Labute approximate surface area is 150 Å². The zero-order valence-corrected chi connectivity index (χ0v) is 14.7. The molecule has 6 atom stereocenters. The predicted molar refractivity (Wildman–Crippen MR) is 87.8 cm³/mol. The number of nitrogens with zero attached hydrogens (tertiary/aromatic N) is 1. The molecule has 1 saturated heterocycles. The Hall–Kier alpha value is -1.31. The Morgan fingerprint density at radius 3 is 2.38 bits per heavy atom. The standard InChI is InChI=1S/C18H26F3N3O2/c19-18(20,21)13-2-1-3-24(13)9-14(25)23-15-11-4-10-5-12(15)8-17(6-10,7-11)16(22)26/h10-13,15H,1-9H2,(H2,22,26)(H,23,25)/t10?,11-,12+,13?,15?,17?. The van der Waals surface area contributed by atoms with Crippen molar-refractivity contribution in [1.82, 2.24) is 10.2 Å². The van der Waals surface area contributed by atoms with Crippen molar-refractivity contribution in [2.45, 2.75) is 63.2 Å². The molecule has 0 aromatic heterocycles. The average Bonchev–Trinajstić information content (AvgIpc) is 2.98. The number of nitrogens with two attached hydrogens (primary N) is 1. The van der Waals surface area contributed by atoms with Gasteiger partial charge in [0.25, 0.3) is 0 Å². The maximum absolute atomic E-state index is 13.1. The Bertz CT molecular complexity index is 593. The van der Waals surface area contributed by atoms with Crippen LogP contribution in [0.3, 0.4) is 0 Å². The molecule has 5 nitrogen and oxygen atoms in total. The lowest BCUT2D eigenvalue weighted by Crippen LogP contribution is -2.62. The molecule has 5 rings (SSSR count). The van der Waals surface area contributed by atoms with Crippen LogP contribution in [0.15, 0.2) is 0 Å². The smallest absolute Gasteiger partial charge is 0.369 e. The lowest BCUT2D eigenvalue weighted by molar-refractivity contribution is -0.176. The second-order valence-corrected chi connectivity index (χ2v) is 8.88. The number of carbonyl (C=O) groups excluding carboxylic acids is 2. The number of likely N-dealkylation sites (tertiary alicyclic amines) is 1. The summed E-state index contributed by atoms with van der Waals surface area (Å²) in [5.74, 6) is 0.365. The number of halogens is 3. The van der Waals surface area contributed by atoms with Crippen LogP contribution in [0.4, 0.5) is 13.2 Å². The highest BCUT2D eigenvalue weighted by Gasteiger charge is 2.58. The van der Waals surface area contributed by atoms with E-state index in [2.05, 4.69) is 5.32 Å². The van der Waals surface area contributed by atoms with Crippen molar-refractivity contribution >= 4 is 11.8 Å². The van der Waals surface area contributed by atoms with Gasteiger partial charge in [0.15, 0.2) is 0 Å². The monoisotopic (exact) mass is 373 g/mol. The molecule has 5 aliphatic rings. The molecule has 4 aliphatic carbocycles. The third-order valence-electron chi connectivity index (χ3n) is 7.21. The summed E-state index contributed by atoms with van der Waals surface area (Å²) in [4.78, 5) is 25.7. The van der Waals surface area contributed by atoms with Crippen molar-refractivity contribution in [2.75, 3.05) is 13.1 Å². The molecule has 0 aromatic carbocycles. The van der Waals surface area contributed by atoms with Gasteiger partial charge in [0.1, 0.15) is 6.04 Å². The molecular formula is C18H26F3N3O2. The predicted octanol–water partition coefficient (Wildman–Crippen LogP) is 1.81. The van der Waals surface area contributed by atoms with Gasteiger partial charge in [-0.15, -0.1) is 0 Å². The van der Waals surface area contributed by atoms with E-state index in [1.807, 2.05) is 0 Å². The van der Waals surface area contributed by atoms with Crippen molar-refractivity contribution in [2.24, 2.45) is 28.9 Å². The van der Waals surface area contributed by atoms with Crippen LogP contribution in [-0.4, -0.2) is 48.1 Å². The third kappa shape index (κ3) is 3.00. The molecule has 4 unspecified atom stereocenters. The summed E-state index contributed by atoms with van der Waals surface area (Å²) in [5, 5.41) is 3.02. The molecule has 4 saturated carbocycles. The summed E-state index contributed by atoms with van der Waals surface area (Å²) in [6.45, 7) is 0.104. The van der Waals surface area contributed by atoms with Gasteiger partial charge in [-0.05, 0) is 69.2 Å². The first-order valence-electron chi connectivity index (χ1n) is 9.58. The van der Waals surface area contributed by atoms with Gasteiger partial charge in [-0.25, -0.2) is 0 Å². The van der Waals surface area contributed by atoms with Crippen LogP contribution in [0.2, 0.25) is 0 Å². The SMILES string of the molecule is NC(=O)C12CC3C[C@H](C1)C(NC(=O)CN1CCCC1C(F)(F)F)[C@@H](C3)C2. The third-order valence-corrected chi connectivity index (χ3v) is 7.21. The summed E-state index contributed by atoms with van der Waals surface area (Å²) >= 11 is 0. The lowest BCUT2D eigenvalue weighted by Gasteiger charge is -2.58. The summed E-state index contributed by atoms with van der Waals surface area (Å²) in [6.07, 6.45) is 0.467. The minimum Gasteiger partial charge on any atom is -0.369 e.